The van der Waals surface area contributed by atoms with Crippen LogP contribution in [0.1, 0.15) is 38.1 Å². The minimum atomic E-state index is -0.0978. The predicted octanol–water partition coefficient (Wildman–Crippen LogP) is 1.50. The summed E-state index contributed by atoms with van der Waals surface area (Å²) in [5, 5.41) is 3.79. The Balaban J connectivity index is 2.62. The molecule has 0 spiro atoms. The summed E-state index contributed by atoms with van der Waals surface area (Å²) in [6.07, 6.45) is 0. The molecule has 0 aliphatic carbocycles. The Morgan fingerprint density at radius 1 is 1.54 bits per heavy atom. The molecule has 1 aromatic heterocycles. The highest BCUT2D eigenvalue weighted by atomic mass is 16.5. The summed E-state index contributed by atoms with van der Waals surface area (Å²) in [4.78, 5) is 2.24. The molecule has 2 rings (SSSR count). The molecule has 0 amide bonds. The minimum absolute atomic E-state index is 0.0978. The Morgan fingerprint density at radius 2 is 2.15 bits per heavy atom. The van der Waals surface area contributed by atoms with Crippen LogP contribution in [0, 0.1) is 0 Å². The first-order valence-corrected chi connectivity index (χ1v) is 4.44. The van der Waals surface area contributed by atoms with Gasteiger partial charge in [0.2, 0.25) is 0 Å². The van der Waals surface area contributed by atoms with Crippen LogP contribution < -0.4 is 5.73 Å². The van der Waals surface area contributed by atoms with Crippen molar-refractivity contribution in [2.45, 2.75) is 32.4 Å². The SMILES string of the molecule is CC1c2c(N)noc2C(C)(C)N1C. The second kappa shape index (κ2) is 2.26. The summed E-state index contributed by atoms with van der Waals surface area (Å²) in [7, 11) is 2.07. The Bertz CT molecular complexity index is 343. The van der Waals surface area contributed by atoms with Gasteiger partial charge in [-0.25, -0.2) is 0 Å². The third kappa shape index (κ3) is 0.864. The Labute approximate surface area is 77.7 Å². The molecule has 2 N–H and O–H groups in total. The van der Waals surface area contributed by atoms with Crippen LogP contribution in [0.2, 0.25) is 0 Å². The number of nitrogen functional groups attached to an aromatic ring is 1. The zero-order valence-corrected chi connectivity index (χ0v) is 8.46. The summed E-state index contributed by atoms with van der Waals surface area (Å²) < 4.78 is 5.25. The molecule has 0 aromatic carbocycles. The topological polar surface area (TPSA) is 55.3 Å². The van der Waals surface area contributed by atoms with Crippen LogP contribution in [-0.2, 0) is 5.54 Å². The lowest BCUT2D eigenvalue weighted by atomic mass is 10.0. The van der Waals surface area contributed by atoms with E-state index < -0.39 is 0 Å². The molecule has 4 heteroatoms. The van der Waals surface area contributed by atoms with E-state index in [4.69, 9.17) is 10.3 Å². The normalized spacial score (nSPS) is 26.3. The van der Waals surface area contributed by atoms with Gasteiger partial charge in [0.05, 0.1) is 11.1 Å². The Morgan fingerprint density at radius 3 is 2.69 bits per heavy atom. The van der Waals surface area contributed by atoms with E-state index in [2.05, 4.69) is 37.9 Å². The monoisotopic (exact) mass is 181 g/mol. The van der Waals surface area contributed by atoms with Crippen LogP contribution in [-0.4, -0.2) is 17.1 Å². The van der Waals surface area contributed by atoms with Crippen molar-refractivity contribution in [3.05, 3.63) is 11.3 Å². The van der Waals surface area contributed by atoms with E-state index >= 15 is 0 Å². The molecule has 4 nitrogen and oxygen atoms in total. The highest BCUT2D eigenvalue weighted by Crippen LogP contribution is 2.46. The van der Waals surface area contributed by atoms with Crippen molar-refractivity contribution < 1.29 is 4.52 Å². The lowest BCUT2D eigenvalue weighted by Gasteiger charge is -2.29. The smallest absolute Gasteiger partial charge is 0.171 e. The van der Waals surface area contributed by atoms with Gasteiger partial charge in [-0.2, -0.15) is 0 Å². The summed E-state index contributed by atoms with van der Waals surface area (Å²) in [6, 6.07) is 0.288. The molecule has 0 radical (unpaired) electrons. The molecule has 1 unspecified atom stereocenters. The zero-order valence-electron chi connectivity index (χ0n) is 8.46. The van der Waals surface area contributed by atoms with Gasteiger partial charge in [0.25, 0.3) is 0 Å². The zero-order chi connectivity index (χ0) is 9.80. The average molecular weight is 181 g/mol. The van der Waals surface area contributed by atoms with Crippen molar-refractivity contribution in [3.63, 3.8) is 0 Å². The summed E-state index contributed by atoms with van der Waals surface area (Å²) in [5.74, 6) is 1.43. The number of hydrogen-bond donors (Lipinski definition) is 1. The van der Waals surface area contributed by atoms with E-state index in [1.807, 2.05) is 0 Å². The van der Waals surface area contributed by atoms with Crippen LogP contribution in [0.5, 0.6) is 0 Å². The number of nitrogens with zero attached hydrogens (tertiary/aromatic N) is 2. The van der Waals surface area contributed by atoms with E-state index in [0.29, 0.717) is 5.82 Å². The molecule has 1 aliphatic heterocycles. The van der Waals surface area contributed by atoms with Gasteiger partial charge < -0.3 is 10.3 Å². The molecule has 0 saturated carbocycles. The molecule has 72 valence electrons. The fourth-order valence-electron chi connectivity index (χ4n) is 1.99. The van der Waals surface area contributed by atoms with Gasteiger partial charge in [-0.3, -0.25) is 4.90 Å². The third-order valence-electron chi connectivity index (χ3n) is 3.19. The van der Waals surface area contributed by atoms with Gasteiger partial charge in [0, 0.05) is 6.04 Å². The van der Waals surface area contributed by atoms with Crippen LogP contribution in [0.25, 0.3) is 0 Å². The maximum atomic E-state index is 5.73. The van der Waals surface area contributed by atoms with Crippen LogP contribution in [0.15, 0.2) is 4.52 Å². The molecular formula is C9H15N3O. The molecule has 1 atom stereocenters. The first-order valence-electron chi connectivity index (χ1n) is 4.44. The van der Waals surface area contributed by atoms with E-state index in [1.165, 1.54) is 0 Å². The molecule has 0 fully saturated rings. The van der Waals surface area contributed by atoms with Crippen LogP contribution in [0.3, 0.4) is 0 Å². The van der Waals surface area contributed by atoms with Crippen molar-refractivity contribution in [2.24, 2.45) is 0 Å². The van der Waals surface area contributed by atoms with Crippen molar-refractivity contribution >= 4 is 5.82 Å². The predicted molar refractivity (Wildman–Crippen MR) is 50.1 cm³/mol. The van der Waals surface area contributed by atoms with Crippen molar-refractivity contribution in [1.82, 2.24) is 10.1 Å². The largest absolute Gasteiger partial charge is 0.381 e. The second-order valence-corrected chi connectivity index (χ2v) is 4.16. The van der Waals surface area contributed by atoms with Gasteiger partial charge in [0.15, 0.2) is 11.6 Å². The Kier molecular flexibility index (Phi) is 1.49. The van der Waals surface area contributed by atoms with Crippen LogP contribution in [0.4, 0.5) is 5.82 Å². The number of fused-ring (bicyclic) bond motifs is 1. The van der Waals surface area contributed by atoms with E-state index in [9.17, 15) is 0 Å². The van der Waals surface area contributed by atoms with E-state index in [0.717, 1.165) is 11.3 Å². The van der Waals surface area contributed by atoms with Crippen LogP contribution >= 0.6 is 0 Å². The number of anilines is 1. The quantitative estimate of drug-likeness (QED) is 0.659. The average Bonchev–Trinajstić information content (AvgIpc) is 2.50. The van der Waals surface area contributed by atoms with Crippen molar-refractivity contribution in [2.75, 3.05) is 12.8 Å². The lowest BCUT2D eigenvalue weighted by molar-refractivity contribution is 0.114. The van der Waals surface area contributed by atoms with Gasteiger partial charge in [0.1, 0.15) is 0 Å². The molecule has 0 bridgehead atoms. The van der Waals surface area contributed by atoms with E-state index in [1.54, 1.807) is 0 Å². The van der Waals surface area contributed by atoms with E-state index in [-0.39, 0.29) is 11.6 Å². The number of rotatable bonds is 0. The number of nitrogens with two attached hydrogens (primary N) is 1. The minimum Gasteiger partial charge on any atom is -0.381 e. The lowest BCUT2D eigenvalue weighted by Crippen LogP contribution is -2.33. The standard InChI is InChI=1S/C9H15N3O/c1-5-6-7(13-11-8(6)10)9(2,3)12(5)4/h5H,1-4H3,(H2,10,11). The third-order valence-corrected chi connectivity index (χ3v) is 3.19. The fourth-order valence-corrected chi connectivity index (χ4v) is 1.99. The summed E-state index contributed by atoms with van der Waals surface area (Å²) in [5.41, 5.74) is 6.68. The van der Waals surface area contributed by atoms with Gasteiger partial charge in [-0.1, -0.05) is 5.16 Å². The maximum Gasteiger partial charge on any atom is 0.171 e. The van der Waals surface area contributed by atoms with Crippen molar-refractivity contribution in [3.8, 4) is 0 Å². The van der Waals surface area contributed by atoms with Gasteiger partial charge in [-0.15, -0.1) is 0 Å². The molecule has 2 heterocycles. The second-order valence-electron chi connectivity index (χ2n) is 4.16. The number of hydrogen-bond acceptors (Lipinski definition) is 4. The molecule has 0 saturated heterocycles. The first-order chi connectivity index (χ1) is 5.96. The highest BCUT2D eigenvalue weighted by molar-refractivity contribution is 5.48. The van der Waals surface area contributed by atoms with Crippen molar-refractivity contribution in [1.29, 1.82) is 0 Å². The molecule has 13 heavy (non-hydrogen) atoms. The fraction of sp³-hybridized carbons (Fsp3) is 0.667. The molecule has 1 aliphatic rings. The maximum absolute atomic E-state index is 5.73. The van der Waals surface area contributed by atoms with Gasteiger partial charge >= 0.3 is 0 Å². The van der Waals surface area contributed by atoms with Gasteiger partial charge in [-0.05, 0) is 27.8 Å². The molecule has 1 aromatic rings. The Hall–Kier alpha value is -1.03. The highest BCUT2D eigenvalue weighted by Gasteiger charge is 2.45. The number of aromatic nitrogens is 1. The summed E-state index contributed by atoms with van der Waals surface area (Å²) >= 11 is 0. The first kappa shape index (κ1) is 8.56. The molecular weight excluding hydrogens is 166 g/mol. The summed E-state index contributed by atoms with van der Waals surface area (Å²) in [6.45, 7) is 6.33.